The molecule has 0 saturated heterocycles. The standard InChI is InChI=1S/C18H23N5O4/c1-5-6-9-27-17(24)15-11(2)19-18-20-21-22-23(18)16(15)12-7-8-13(25-3)14(10-12)26-4/h7-8,10,16H,5-6,9H2,1-4H3,(H,19,20,22). The minimum absolute atomic E-state index is 0.368. The molecule has 1 aromatic carbocycles. The van der Waals surface area contributed by atoms with Gasteiger partial charge in [-0.25, -0.2) is 4.79 Å². The van der Waals surface area contributed by atoms with Gasteiger partial charge in [0.05, 0.1) is 26.4 Å². The van der Waals surface area contributed by atoms with Crippen molar-refractivity contribution in [2.45, 2.75) is 32.7 Å². The number of anilines is 1. The SMILES string of the molecule is CCCCOC(=O)C1=C(C)Nc2nnnn2C1c1ccc(OC)c(OC)c1. The maximum absolute atomic E-state index is 12.8. The van der Waals surface area contributed by atoms with E-state index in [-0.39, 0.29) is 0 Å². The highest BCUT2D eigenvalue weighted by molar-refractivity contribution is 5.92. The Hall–Kier alpha value is -3.10. The molecule has 1 aromatic heterocycles. The number of esters is 1. The van der Waals surface area contributed by atoms with Crippen LogP contribution in [0.3, 0.4) is 0 Å². The average Bonchev–Trinajstić information content (AvgIpc) is 3.14. The zero-order valence-electron chi connectivity index (χ0n) is 15.9. The van der Waals surface area contributed by atoms with Gasteiger partial charge in [-0.3, -0.25) is 0 Å². The Labute approximate surface area is 157 Å². The number of allylic oxidation sites excluding steroid dienone is 1. The smallest absolute Gasteiger partial charge is 0.338 e. The first-order valence-corrected chi connectivity index (χ1v) is 8.75. The van der Waals surface area contributed by atoms with Crippen LogP contribution in [0.25, 0.3) is 0 Å². The summed E-state index contributed by atoms with van der Waals surface area (Å²) < 4.78 is 17.7. The third-order valence-corrected chi connectivity index (χ3v) is 4.39. The number of hydrogen-bond acceptors (Lipinski definition) is 8. The molecule has 2 heterocycles. The lowest BCUT2D eigenvalue weighted by atomic mass is 9.95. The van der Waals surface area contributed by atoms with Gasteiger partial charge >= 0.3 is 5.97 Å². The second-order valence-corrected chi connectivity index (χ2v) is 6.12. The highest BCUT2D eigenvalue weighted by atomic mass is 16.5. The monoisotopic (exact) mass is 373 g/mol. The van der Waals surface area contributed by atoms with Crippen LogP contribution >= 0.6 is 0 Å². The number of aromatic nitrogens is 4. The number of methoxy groups -OCH3 is 2. The lowest BCUT2D eigenvalue weighted by Crippen LogP contribution is -2.29. The molecular weight excluding hydrogens is 350 g/mol. The van der Waals surface area contributed by atoms with Gasteiger partial charge in [0.1, 0.15) is 6.04 Å². The highest BCUT2D eigenvalue weighted by Gasteiger charge is 2.35. The summed E-state index contributed by atoms with van der Waals surface area (Å²) in [6, 6.07) is 4.92. The molecule has 0 bridgehead atoms. The van der Waals surface area contributed by atoms with E-state index in [1.54, 1.807) is 25.0 Å². The molecule has 0 spiro atoms. The molecule has 1 aliphatic heterocycles. The number of ether oxygens (including phenoxy) is 3. The van der Waals surface area contributed by atoms with Crippen LogP contribution in [-0.4, -0.2) is 47.0 Å². The van der Waals surface area contributed by atoms with Crippen molar-refractivity contribution in [3.05, 3.63) is 35.0 Å². The van der Waals surface area contributed by atoms with E-state index in [2.05, 4.69) is 20.8 Å². The lowest BCUT2D eigenvalue weighted by molar-refractivity contribution is -0.139. The molecule has 27 heavy (non-hydrogen) atoms. The van der Waals surface area contributed by atoms with E-state index in [1.807, 2.05) is 26.0 Å². The number of nitrogens with one attached hydrogen (secondary N) is 1. The Kier molecular flexibility index (Phi) is 5.58. The summed E-state index contributed by atoms with van der Waals surface area (Å²) in [6.07, 6.45) is 1.75. The molecule has 3 rings (SSSR count). The minimum Gasteiger partial charge on any atom is -0.493 e. The maximum Gasteiger partial charge on any atom is 0.338 e. The van der Waals surface area contributed by atoms with Crippen molar-refractivity contribution in [3.8, 4) is 11.5 Å². The van der Waals surface area contributed by atoms with Crippen LogP contribution in [0.1, 0.15) is 38.3 Å². The van der Waals surface area contributed by atoms with Crippen molar-refractivity contribution in [3.63, 3.8) is 0 Å². The number of hydrogen-bond donors (Lipinski definition) is 1. The topological polar surface area (TPSA) is 100 Å². The molecule has 9 heteroatoms. The third kappa shape index (κ3) is 3.57. The Morgan fingerprint density at radius 3 is 2.74 bits per heavy atom. The summed E-state index contributed by atoms with van der Waals surface area (Å²) in [5.74, 6) is 1.21. The van der Waals surface area contributed by atoms with Crippen LogP contribution in [0.2, 0.25) is 0 Å². The summed E-state index contributed by atoms with van der Waals surface area (Å²) >= 11 is 0. The van der Waals surface area contributed by atoms with Crippen LogP contribution in [0.4, 0.5) is 5.95 Å². The number of carbonyl (C=O) groups is 1. The first-order chi connectivity index (χ1) is 13.1. The summed E-state index contributed by atoms with van der Waals surface area (Å²) in [7, 11) is 3.13. The molecule has 9 nitrogen and oxygen atoms in total. The third-order valence-electron chi connectivity index (χ3n) is 4.39. The van der Waals surface area contributed by atoms with E-state index in [4.69, 9.17) is 14.2 Å². The van der Waals surface area contributed by atoms with Crippen molar-refractivity contribution in [2.75, 3.05) is 26.1 Å². The fourth-order valence-corrected chi connectivity index (χ4v) is 2.99. The summed E-state index contributed by atoms with van der Waals surface area (Å²) in [4.78, 5) is 12.8. The van der Waals surface area contributed by atoms with Gasteiger partial charge < -0.3 is 19.5 Å². The number of nitrogens with zero attached hydrogens (tertiary/aromatic N) is 4. The second-order valence-electron chi connectivity index (χ2n) is 6.12. The zero-order chi connectivity index (χ0) is 19.4. The number of rotatable bonds is 7. The number of tetrazole rings is 1. The molecule has 2 aromatic rings. The number of benzene rings is 1. The number of fused-ring (bicyclic) bond motifs is 1. The van der Waals surface area contributed by atoms with E-state index in [9.17, 15) is 4.79 Å². The van der Waals surface area contributed by atoms with Crippen LogP contribution in [0.15, 0.2) is 29.5 Å². The first kappa shape index (κ1) is 18.7. The Morgan fingerprint density at radius 2 is 2.04 bits per heavy atom. The van der Waals surface area contributed by atoms with Crippen molar-refractivity contribution >= 4 is 11.9 Å². The maximum atomic E-state index is 12.8. The highest BCUT2D eigenvalue weighted by Crippen LogP contribution is 2.38. The van der Waals surface area contributed by atoms with E-state index < -0.39 is 12.0 Å². The fourth-order valence-electron chi connectivity index (χ4n) is 2.99. The Balaban J connectivity index is 2.05. The molecular formula is C18H23N5O4. The average molecular weight is 373 g/mol. The zero-order valence-corrected chi connectivity index (χ0v) is 15.9. The van der Waals surface area contributed by atoms with Gasteiger partial charge in [0, 0.05) is 5.70 Å². The summed E-state index contributed by atoms with van der Waals surface area (Å²) in [5, 5.41) is 14.8. The predicted molar refractivity (Wildman–Crippen MR) is 97.7 cm³/mol. The molecule has 0 radical (unpaired) electrons. The van der Waals surface area contributed by atoms with Crippen molar-refractivity contribution < 1.29 is 19.0 Å². The molecule has 1 unspecified atom stereocenters. The van der Waals surface area contributed by atoms with Gasteiger partial charge in [-0.2, -0.15) is 4.68 Å². The van der Waals surface area contributed by atoms with Gasteiger partial charge in [0.2, 0.25) is 5.95 Å². The second kappa shape index (κ2) is 8.07. The normalized spacial score (nSPS) is 15.8. The number of unbranched alkanes of at least 4 members (excludes halogenated alkanes) is 1. The molecule has 1 atom stereocenters. The molecule has 1 aliphatic rings. The van der Waals surface area contributed by atoms with Crippen molar-refractivity contribution in [2.24, 2.45) is 0 Å². The fraction of sp³-hybridized carbons (Fsp3) is 0.444. The number of carbonyl (C=O) groups excluding carboxylic acids is 1. The van der Waals surface area contributed by atoms with Gasteiger partial charge in [-0.1, -0.05) is 24.5 Å². The van der Waals surface area contributed by atoms with Gasteiger partial charge in [-0.15, -0.1) is 0 Å². The molecule has 0 fully saturated rings. The van der Waals surface area contributed by atoms with Crippen molar-refractivity contribution in [1.29, 1.82) is 0 Å². The first-order valence-electron chi connectivity index (χ1n) is 8.75. The van der Waals surface area contributed by atoms with Crippen LogP contribution in [0, 0.1) is 0 Å². The van der Waals surface area contributed by atoms with E-state index in [0.29, 0.717) is 35.3 Å². The molecule has 0 aliphatic carbocycles. The largest absolute Gasteiger partial charge is 0.493 e. The van der Waals surface area contributed by atoms with E-state index in [1.165, 1.54) is 0 Å². The molecule has 0 saturated carbocycles. The quantitative estimate of drug-likeness (QED) is 0.583. The Morgan fingerprint density at radius 1 is 1.26 bits per heavy atom. The van der Waals surface area contributed by atoms with Crippen LogP contribution in [0.5, 0.6) is 11.5 Å². The lowest BCUT2D eigenvalue weighted by Gasteiger charge is -2.27. The van der Waals surface area contributed by atoms with Crippen molar-refractivity contribution in [1.82, 2.24) is 20.2 Å². The van der Waals surface area contributed by atoms with E-state index >= 15 is 0 Å². The van der Waals surface area contributed by atoms with Gasteiger partial charge in [0.25, 0.3) is 0 Å². The molecule has 1 N–H and O–H groups in total. The Bertz CT molecular complexity index is 861. The molecule has 0 amide bonds. The van der Waals surface area contributed by atoms with Crippen LogP contribution in [-0.2, 0) is 9.53 Å². The van der Waals surface area contributed by atoms with Gasteiger partial charge in [0.15, 0.2) is 11.5 Å². The van der Waals surface area contributed by atoms with E-state index in [0.717, 1.165) is 18.4 Å². The summed E-state index contributed by atoms with van der Waals surface area (Å²) in [6.45, 7) is 4.22. The van der Waals surface area contributed by atoms with Gasteiger partial charge in [-0.05, 0) is 41.5 Å². The summed E-state index contributed by atoms with van der Waals surface area (Å²) in [5.41, 5.74) is 1.89. The minimum atomic E-state index is -0.537. The molecule has 144 valence electrons. The van der Waals surface area contributed by atoms with Crippen LogP contribution < -0.4 is 14.8 Å². The predicted octanol–water partition coefficient (Wildman–Crippen LogP) is 2.32.